The number of aliphatic carboxylic acids is 1. The molecule has 2 saturated heterocycles. The maximum Gasteiger partial charge on any atom is 0.326 e. The molecule has 2 fully saturated rings. The predicted molar refractivity (Wildman–Crippen MR) is 73.8 cm³/mol. The zero-order valence-electron chi connectivity index (χ0n) is 12.0. The number of hydrogen-bond acceptors (Lipinski definition) is 6. The quantitative estimate of drug-likeness (QED) is 0.756. The number of ether oxygens (including phenoxy) is 1. The number of rotatable bonds is 5. The number of carbonyl (C=O) groups is 1. The molecule has 0 aliphatic carbocycles. The van der Waals surface area contributed by atoms with E-state index in [0.29, 0.717) is 19.6 Å². The zero-order chi connectivity index (χ0) is 14.7. The highest BCUT2D eigenvalue weighted by Gasteiger charge is 2.48. The van der Waals surface area contributed by atoms with Gasteiger partial charge < -0.3 is 9.84 Å². The van der Waals surface area contributed by atoms with Gasteiger partial charge in [0, 0.05) is 45.8 Å². The van der Waals surface area contributed by atoms with E-state index in [0.717, 1.165) is 39.3 Å². The smallest absolute Gasteiger partial charge is 0.326 e. The molecule has 1 aromatic heterocycles. The van der Waals surface area contributed by atoms with E-state index in [1.807, 2.05) is 4.68 Å². The Morgan fingerprint density at radius 3 is 2.67 bits per heavy atom. The van der Waals surface area contributed by atoms with E-state index in [2.05, 4.69) is 19.9 Å². The van der Waals surface area contributed by atoms with Crippen LogP contribution in [0.25, 0.3) is 0 Å². The Hall–Kier alpha value is -1.51. The lowest BCUT2D eigenvalue weighted by atomic mass is 9.95. The van der Waals surface area contributed by atoms with Gasteiger partial charge >= 0.3 is 5.97 Å². The van der Waals surface area contributed by atoms with Gasteiger partial charge in [-0.1, -0.05) is 0 Å². The molecule has 8 heteroatoms. The lowest BCUT2D eigenvalue weighted by Crippen LogP contribution is -2.61. The van der Waals surface area contributed by atoms with Crippen LogP contribution >= 0.6 is 0 Å². The molecule has 1 atom stereocenters. The Kier molecular flexibility index (Phi) is 4.18. The van der Waals surface area contributed by atoms with Crippen LogP contribution in [-0.4, -0.2) is 87.1 Å². The van der Waals surface area contributed by atoms with Crippen LogP contribution in [-0.2, 0) is 16.1 Å². The van der Waals surface area contributed by atoms with E-state index in [9.17, 15) is 9.90 Å². The lowest BCUT2D eigenvalue weighted by Gasteiger charge is -2.42. The summed E-state index contributed by atoms with van der Waals surface area (Å²) in [6, 6.07) is 0. The molecule has 2 aliphatic rings. The molecular formula is C13H21N5O3. The monoisotopic (exact) mass is 295 g/mol. The van der Waals surface area contributed by atoms with Crippen molar-refractivity contribution in [3.8, 4) is 0 Å². The van der Waals surface area contributed by atoms with Crippen LogP contribution in [0.15, 0.2) is 12.7 Å². The average molecular weight is 295 g/mol. The minimum atomic E-state index is -0.808. The van der Waals surface area contributed by atoms with Gasteiger partial charge in [-0.25, -0.2) is 4.98 Å². The van der Waals surface area contributed by atoms with Crippen LogP contribution in [0.5, 0.6) is 0 Å². The van der Waals surface area contributed by atoms with Gasteiger partial charge in [0.15, 0.2) is 0 Å². The molecule has 0 radical (unpaired) electrons. The standard InChI is InChI=1S/C13H21N5O3/c19-12(20)13(1-8-21-9-13)17-5-2-16(3-6-17)4-7-18-11-14-10-15-18/h10-11H,1-9H2,(H,19,20). The van der Waals surface area contributed by atoms with Gasteiger partial charge in [0.1, 0.15) is 18.2 Å². The Morgan fingerprint density at radius 2 is 2.10 bits per heavy atom. The number of hydrogen-bond donors (Lipinski definition) is 1. The topological polar surface area (TPSA) is 83.7 Å². The van der Waals surface area contributed by atoms with Crippen molar-refractivity contribution >= 4 is 5.97 Å². The molecule has 1 aromatic rings. The molecule has 1 N–H and O–H groups in total. The van der Waals surface area contributed by atoms with Crippen molar-refractivity contribution in [2.75, 3.05) is 45.9 Å². The van der Waals surface area contributed by atoms with Gasteiger partial charge in [0.25, 0.3) is 0 Å². The van der Waals surface area contributed by atoms with Gasteiger partial charge in [-0.05, 0) is 0 Å². The van der Waals surface area contributed by atoms with E-state index >= 15 is 0 Å². The average Bonchev–Trinajstić information content (AvgIpc) is 3.18. The molecular weight excluding hydrogens is 274 g/mol. The van der Waals surface area contributed by atoms with Gasteiger partial charge in [-0.3, -0.25) is 19.3 Å². The summed E-state index contributed by atoms with van der Waals surface area (Å²) in [5, 5.41) is 13.6. The normalized spacial score (nSPS) is 28.0. The molecule has 116 valence electrons. The minimum absolute atomic E-state index is 0.307. The summed E-state index contributed by atoms with van der Waals surface area (Å²) in [6.45, 7) is 5.87. The van der Waals surface area contributed by atoms with E-state index in [1.165, 1.54) is 6.33 Å². The fraction of sp³-hybridized carbons (Fsp3) is 0.769. The van der Waals surface area contributed by atoms with Gasteiger partial charge in [0.2, 0.25) is 0 Å². The molecule has 3 rings (SSSR count). The first-order chi connectivity index (χ1) is 10.2. The zero-order valence-corrected chi connectivity index (χ0v) is 12.0. The Bertz CT molecular complexity index is 464. The molecule has 21 heavy (non-hydrogen) atoms. The summed E-state index contributed by atoms with van der Waals surface area (Å²) in [4.78, 5) is 20.0. The largest absolute Gasteiger partial charge is 0.480 e. The second-order valence-electron chi connectivity index (χ2n) is 5.63. The van der Waals surface area contributed by atoms with Crippen LogP contribution in [0.1, 0.15) is 6.42 Å². The fourth-order valence-corrected chi connectivity index (χ4v) is 3.10. The van der Waals surface area contributed by atoms with E-state index < -0.39 is 11.5 Å². The van der Waals surface area contributed by atoms with E-state index in [4.69, 9.17) is 4.74 Å². The molecule has 0 spiro atoms. The molecule has 0 aromatic carbocycles. The van der Waals surface area contributed by atoms with Crippen molar-refractivity contribution in [1.29, 1.82) is 0 Å². The molecule has 8 nitrogen and oxygen atoms in total. The second kappa shape index (κ2) is 6.08. The first-order valence-corrected chi connectivity index (χ1v) is 7.32. The highest BCUT2D eigenvalue weighted by Crippen LogP contribution is 2.27. The maximum atomic E-state index is 11.6. The Balaban J connectivity index is 1.51. The van der Waals surface area contributed by atoms with Crippen molar-refractivity contribution in [2.45, 2.75) is 18.5 Å². The number of aromatic nitrogens is 3. The van der Waals surface area contributed by atoms with E-state index in [-0.39, 0.29) is 0 Å². The Morgan fingerprint density at radius 1 is 1.29 bits per heavy atom. The molecule has 1 unspecified atom stereocenters. The Labute approximate surface area is 123 Å². The molecule has 0 saturated carbocycles. The van der Waals surface area contributed by atoms with Crippen molar-refractivity contribution in [1.82, 2.24) is 24.6 Å². The predicted octanol–water partition coefficient (Wildman–Crippen LogP) is -0.861. The van der Waals surface area contributed by atoms with Gasteiger partial charge in [-0.2, -0.15) is 5.10 Å². The summed E-state index contributed by atoms with van der Waals surface area (Å²) in [7, 11) is 0. The van der Waals surface area contributed by atoms with Crippen molar-refractivity contribution in [3.63, 3.8) is 0 Å². The molecule has 0 bridgehead atoms. The van der Waals surface area contributed by atoms with Crippen molar-refractivity contribution in [3.05, 3.63) is 12.7 Å². The first-order valence-electron chi connectivity index (χ1n) is 7.32. The number of carboxylic acids is 1. The summed E-state index contributed by atoms with van der Waals surface area (Å²) in [6.07, 6.45) is 3.83. The van der Waals surface area contributed by atoms with Crippen LogP contribution < -0.4 is 0 Å². The first kappa shape index (κ1) is 14.4. The molecule has 0 amide bonds. The second-order valence-corrected chi connectivity index (χ2v) is 5.63. The van der Waals surface area contributed by atoms with Gasteiger partial charge in [0.05, 0.1) is 13.2 Å². The van der Waals surface area contributed by atoms with Crippen LogP contribution in [0.4, 0.5) is 0 Å². The third kappa shape index (κ3) is 2.92. The minimum Gasteiger partial charge on any atom is -0.480 e. The summed E-state index contributed by atoms with van der Waals surface area (Å²) >= 11 is 0. The number of carboxylic acid groups (broad SMARTS) is 1. The summed E-state index contributed by atoms with van der Waals surface area (Å²) < 4.78 is 7.16. The van der Waals surface area contributed by atoms with Crippen molar-refractivity contribution < 1.29 is 14.6 Å². The highest BCUT2D eigenvalue weighted by atomic mass is 16.5. The van der Waals surface area contributed by atoms with Gasteiger partial charge in [-0.15, -0.1) is 0 Å². The van der Waals surface area contributed by atoms with E-state index in [1.54, 1.807) is 6.33 Å². The number of piperazine rings is 1. The highest BCUT2D eigenvalue weighted by molar-refractivity contribution is 5.79. The lowest BCUT2D eigenvalue weighted by molar-refractivity contribution is -0.153. The SMILES string of the molecule is O=C(O)C1(N2CCN(CCn3cncn3)CC2)CCOC1. The van der Waals surface area contributed by atoms with Crippen molar-refractivity contribution in [2.24, 2.45) is 0 Å². The number of nitrogens with zero attached hydrogens (tertiary/aromatic N) is 5. The summed E-state index contributed by atoms with van der Waals surface area (Å²) in [5.74, 6) is -0.754. The summed E-state index contributed by atoms with van der Waals surface area (Å²) in [5.41, 5.74) is -0.808. The molecule has 2 aliphatic heterocycles. The van der Waals surface area contributed by atoms with Crippen LogP contribution in [0, 0.1) is 0 Å². The fourth-order valence-electron chi connectivity index (χ4n) is 3.10. The van der Waals surface area contributed by atoms with Crippen LogP contribution in [0.3, 0.4) is 0 Å². The third-order valence-electron chi connectivity index (χ3n) is 4.49. The molecule has 3 heterocycles. The maximum absolute atomic E-state index is 11.6. The third-order valence-corrected chi connectivity index (χ3v) is 4.49. The van der Waals surface area contributed by atoms with Crippen LogP contribution in [0.2, 0.25) is 0 Å².